The Hall–Kier alpha value is -3.32. The van der Waals surface area contributed by atoms with Crippen LogP contribution in [0.25, 0.3) is 22.2 Å². The Labute approximate surface area is 166 Å². The summed E-state index contributed by atoms with van der Waals surface area (Å²) in [4.78, 5) is 20.7. The van der Waals surface area contributed by atoms with E-state index in [9.17, 15) is 4.79 Å². The summed E-state index contributed by atoms with van der Waals surface area (Å²) in [6.07, 6.45) is 0. The van der Waals surface area contributed by atoms with Crippen LogP contribution in [-0.2, 0) is 0 Å². The summed E-state index contributed by atoms with van der Waals surface area (Å²) < 4.78 is 10.6. The first-order valence-electron chi connectivity index (χ1n) is 8.68. The number of anilines is 1. The van der Waals surface area contributed by atoms with E-state index in [2.05, 4.69) is 21.4 Å². The van der Waals surface area contributed by atoms with Crippen molar-refractivity contribution >= 4 is 33.3 Å². The molecular weight excluding hydrogens is 374 g/mol. The highest BCUT2D eigenvalue weighted by Crippen LogP contribution is 2.35. The van der Waals surface area contributed by atoms with E-state index < -0.39 is 0 Å². The van der Waals surface area contributed by atoms with E-state index in [0.29, 0.717) is 22.2 Å². The highest BCUT2D eigenvalue weighted by atomic mass is 32.1. The number of hydrogen-bond donors (Lipinski definition) is 2. The van der Waals surface area contributed by atoms with Crippen molar-refractivity contribution in [1.29, 1.82) is 0 Å². The molecule has 0 radical (unpaired) electrons. The van der Waals surface area contributed by atoms with Crippen LogP contribution in [0.4, 0.5) is 5.13 Å². The highest BCUT2D eigenvalue weighted by molar-refractivity contribution is 7.14. The maximum Gasteiger partial charge on any atom is 0.261 e. The zero-order valence-electron chi connectivity index (χ0n) is 15.7. The van der Waals surface area contributed by atoms with E-state index in [1.165, 1.54) is 25.6 Å². The molecule has 1 amide bonds. The molecule has 7 heteroatoms. The van der Waals surface area contributed by atoms with Crippen LogP contribution in [0.1, 0.15) is 16.1 Å². The number of ether oxygens (including phenoxy) is 2. The molecule has 0 fully saturated rings. The number of aromatic amines is 1. The summed E-state index contributed by atoms with van der Waals surface area (Å²) in [5, 5.41) is 6.43. The first-order chi connectivity index (χ1) is 13.6. The fourth-order valence-electron chi connectivity index (χ4n) is 3.28. The number of carbonyl (C=O) groups is 1. The Kier molecular flexibility index (Phi) is 4.75. The number of H-pyrrole nitrogens is 1. The Morgan fingerprint density at radius 3 is 2.71 bits per heavy atom. The van der Waals surface area contributed by atoms with Crippen LogP contribution in [-0.4, -0.2) is 30.1 Å². The summed E-state index contributed by atoms with van der Waals surface area (Å²) in [6, 6.07) is 13.3. The topological polar surface area (TPSA) is 76.2 Å². The number of nitrogens with one attached hydrogen (secondary N) is 2. The standard InChI is InChI=1S/C21H19N3O3S/c1-12-18(13-7-4-5-9-15(13)22-12)16-11-28-21(23-16)24-20(25)14-8-6-10-17(26-2)19(14)27-3/h4-11,22H,1-3H3,(H,23,24,25). The second-order valence-corrected chi connectivity index (χ2v) is 7.06. The van der Waals surface area contributed by atoms with Gasteiger partial charge in [0.1, 0.15) is 0 Å². The summed E-state index contributed by atoms with van der Waals surface area (Å²) >= 11 is 1.38. The lowest BCUT2D eigenvalue weighted by molar-refractivity contribution is 0.102. The summed E-state index contributed by atoms with van der Waals surface area (Å²) in [5.41, 5.74) is 4.37. The number of benzene rings is 2. The molecule has 0 spiro atoms. The highest BCUT2D eigenvalue weighted by Gasteiger charge is 2.19. The molecule has 0 unspecified atom stereocenters. The average molecular weight is 393 g/mol. The van der Waals surface area contributed by atoms with Gasteiger partial charge < -0.3 is 14.5 Å². The van der Waals surface area contributed by atoms with Crippen molar-refractivity contribution in [3.8, 4) is 22.8 Å². The van der Waals surface area contributed by atoms with E-state index in [-0.39, 0.29) is 5.91 Å². The van der Waals surface area contributed by atoms with Crippen LogP contribution in [0.15, 0.2) is 47.8 Å². The van der Waals surface area contributed by atoms with Crippen LogP contribution < -0.4 is 14.8 Å². The smallest absolute Gasteiger partial charge is 0.261 e. The first kappa shape index (κ1) is 18.1. The molecule has 0 aliphatic carbocycles. The lowest BCUT2D eigenvalue weighted by Crippen LogP contribution is -2.13. The molecule has 0 aliphatic heterocycles. The molecule has 4 aromatic rings. The molecule has 2 heterocycles. The molecule has 2 aromatic heterocycles. The third-order valence-electron chi connectivity index (χ3n) is 4.52. The number of para-hydroxylation sites is 2. The number of amides is 1. The van der Waals surface area contributed by atoms with E-state index in [1.54, 1.807) is 18.2 Å². The van der Waals surface area contributed by atoms with Crippen molar-refractivity contribution in [1.82, 2.24) is 9.97 Å². The summed E-state index contributed by atoms with van der Waals surface area (Å²) in [5.74, 6) is 0.600. The molecule has 2 aromatic carbocycles. The zero-order chi connectivity index (χ0) is 19.7. The predicted molar refractivity (Wildman–Crippen MR) is 112 cm³/mol. The average Bonchev–Trinajstić information content (AvgIpc) is 3.29. The maximum atomic E-state index is 12.8. The number of carbonyl (C=O) groups excluding carboxylic acids is 1. The Morgan fingerprint density at radius 2 is 1.93 bits per heavy atom. The number of fused-ring (bicyclic) bond motifs is 1. The van der Waals surface area contributed by atoms with Gasteiger partial charge in [0.2, 0.25) is 0 Å². The monoisotopic (exact) mass is 393 g/mol. The SMILES string of the molecule is COc1cccc(C(=O)Nc2nc(-c3c(C)[nH]c4ccccc34)cs2)c1OC. The van der Waals surface area contributed by atoms with Gasteiger partial charge in [-0.2, -0.15) is 0 Å². The number of methoxy groups -OCH3 is 2. The minimum atomic E-state index is -0.299. The van der Waals surface area contributed by atoms with Gasteiger partial charge in [0.25, 0.3) is 5.91 Å². The third-order valence-corrected chi connectivity index (χ3v) is 5.28. The molecular formula is C21H19N3O3S. The lowest BCUT2D eigenvalue weighted by Gasteiger charge is -2.11. The van der Waals surface area contributed by atoms with Crippen LogP contribution in [0.5, 0.6) is 11.5 Å². The quantitative estimate of drug-likeness (QED) is 0.507. The van der Waals surface area contributed by atoms with Gasteiger partial charge in [0.05, 0.1) is 25.5 Å². The molecule has 6 nitrogen and oxygen atoms in total. The van der Waals surface area contributed by atoms with Crippen molar-refractivity contribution < 1.29 is 14.3 Å². The number of thiazole rings is 1. The van der Waals surface area contributed by atoms with Crippen LogP contribution >= 0.6 is 11.3 Å². The third kappa shape index (κ3) is 3.10. The Bertz CT molecular complexity index is 1160. The van der Waals surface area contributed by atoms with Crippen LogP contribution in [0, 0.1) is 6.92 Å². The van der Waals surface area contributed by atoms with E-state index in [0.717, 1.165) is 27.9 Å². The number of nitrogens with zero attached hydrogens (tertiary/aromatic N) is 1. The second kappa shape index (κ2) is 7.36. The lowest BCUT2D eigenvalue weighted by atomic mass is 10.1. The maximum absolute atomic E-state index is 12.8. The van der Waals surface area contributed by atoms with E-state index >= 15 is 0 Å². The number of aryl methyl sites for hydroxylation is 1. The molecule has 0 saturated carbocycles. The van der Waals surface area contributed by atoms with Gasteiger partial charge in [-0.25, -0.2) is 4.98 Å². The molecule has 0 saturated heterocycles. The van der Waals surface area contributed by atoms with Crippen molar-refractivity contribution in [2.75, 3.05) is 19.5 Å². The largest absolute Gasteiger partial charge is 0.493 e. The van der Waals surface area contributed by atoms with Crippen molar-refractivity contribution in [3.63, 3.8) is 0 Å². The van der Waals surface area contributed by atoms with Gasteiger partial charge in [-0.15, -0.1) is 11.3 Å². The molecule has 0 bridgehead atoms. The van der Waals surface area contributed by atoms with Gasteiger partial charge >= 0.3 is 0 Å². The molecule has 4 rings (SSSR count). The zero-order valence-corrected chi connectivity index (χ0v) is 16.5. The molecule has 0 atom stereocenters. The molecule has 142 valence electrons. The minimum absolute atomic E-state index is 0.299. The first-order valence-corrected chi connectivity index (χ1v) is 9.56. The molecule has 28 heavy (non-hydrogen) atoms. The van der Waals surface area contributed by atoms with Crippen LogP contribution in [0.3, 0.4) is 0 Å². The van der Waals surface area contributed by atoms with Crippen molar-refractivity contribution in [2.24, 2.45) is 0 Å². The second-order valence-electron chi connectivity index (χ2n) is 6.20. The van der Waals surface area contributed by atoms with E-state index in [4.69, 9.17) is 9.47 Å². The number of aromatic nitrogens is 2. The van der Waals surface area contributed by atoms with Crippen LogP contribution in [0.2, 0.25) is 0 Å². The van der Waals surface area contributed by atoms with Gasteiger partial charge in [-0.3, -0.25) is 10.1 Å². The Morgan fingerprint density at radius 1 is 1.11 bits per heavy atom. The Balaban J connectivity index is 1.64. The van der Waals surface area contributed by atoms with Crippen molar-refractivity contribution in [2.45, 2.75) is 6.92 Å². The van der Waals surface area contributed by atoms with Gasteiger partial charge in [0.15, 0.2) is 16.6 Å². The minimum Gasteiger partial charge on any atom is -0.493 e. The summed E-state index contributed by atoms with van der Waals surface area (Å²) in [7, 11) is 3.05. The van der Waals surface area contributed by atoms with Gasteiger partial charge in [-0.05, 0) is 25.1 Å². The number of rotatable bonds is 5. The van der Waals surface area contributed by atoms with Gasteiger partial charge in [-0.1, -0.05) is 24.3 Å². The number of hydrogen-bond acceptors (Lipinski definition) is 5. The fraction of sp³-hybridized carbons (Fsp3) is 0.143. The van der Waals surface area contributed by atoms with E-state index in [1.807, 2.05) is 30.5 Å². The fourth-order valence-corrected chi connectivity index (χ4v) is 3.98. The predicted octanol–water partition coefficient (Wildman–Crippen LogP) is 4.87. The summed E-state index contributed by atoms with van der Waals surface area (Å²) in [6.45, 7) is 2.02. The normalized spacial score (nSPS) is 10.8. The van der Waals surface area contributed by atoms with Crippen molar-refractivity contribution in [3.05, 3.63) is 59.1 Å². The molecule has 0 aliphatic rings. The van der Waals surface area contributed by atoms with Gasteiger partial charge in [0, 0.05) is 27.5 Å². The molecule has 2 N–H and O–H groups in total.